The van der Waals surface area contributed by atoms with Gasteiger partial charge in [-0.1, -0.05) is 36.4 Å². The summed E-state index contributed by atoms with van der Waals surface area (Å²) in [6.07, 6.45) is 0. The van der Waals surface area contributed by atoms with Gasteiger partial charge in [0.1, 0.15) is 6.61 Å². The van der Waals surface area contributed by atoms with Gasteiger partial charge in [-0.05, 0) is 23.2 Å². The molecule has 0 spiro atoms. The minimum atomic E-state index is -0.451. The number of rotatable bonds is 4. The van der Waals surface area contributed by atoms with Crippen LogP contribution in [-0.2, 0) is 6.61 Å². The lowest BCUT2D eigenvalue weighted by molar-refractivity contribution is 0.290. The molecule has 0 heterocycles. The van der Waals surface area contributed by atoms with Crippen LogP contribution < -0.4 is 10.2 Å². The van der Waals surface area contributed by atoms with E-state index in [2.05, 4.69) is 0 Å². The Balaban J connectivity index is 2.04. The summed E-state index contributed by atoms with van der Waals surface area (Å²) in [4.78, 5) is 0. The van der Waals surface area contributed by atoms with Gasteiger partial charge >= 0.3 is 7.48 Å². The summed E-state index contributed by atoms with van der Waals surface area (Å²) in [6.45, 7) is 0.330. The molecule has 0 saturated carbocycles. The van der Waals surface area contributed by atoms with Crippen LogP contribution in [0.15, 0.2) is 48.5 Å². The van der Waals surface area contributed by atoms with Crippen LogP contribution in [0.2, 0.25) is 0 Å². The van der Waals surface area contributed by atoms with E-state index in [1.165, 1.54) is 12.1 Å². The van der Waals surface area contributed by atoms with E-state index < -0.39 is 5.82 Å². The molecule has 0 amide bonds. The van der Waals surface area contributed by atoms with Crippen LogP contribution >= 0.6 is 0 Å². The highest BCUT2D eigenvalue weighted by molar-refractivity contribution is 6.45. The zero-order valence-corrected chi connectivity index (χ0v) is 9.27. The van der Waals surface area contributed by atoms with Gasteiger partial charge in [0.15, 0.2) is 11.6 Å². The molecule has 0 aromatic heterocycles. The lowest BCUT2D eigenvalue weighted by Gasteiger charge is -2.07. The molecule has 4 heteroatoms. The normalized spacial score (nSPS) is 10.0. The molecule has 0 fully saturated rings. The van der Waals surface area contributed by atoms with Crippen molar-refractivity contribution in [2.24, 2.45) is 0 Å². The van der Waals surface area contributed by atoms with E-state index >= 15 is 0 Å². The molecule has 0 bridgehead atoms. The Hall–Kier alpha value is -1.81. The molecule has 86 valence electrons. The van der Waals surface area contributed by atoms with Gasteiger partial charge in [0.2, 0.25) is 0 Å². The first-order chi connectivity index (χ1) is 8.29. The van der Waals surface area contributed by atoms with Crippen LogP contribution in [0, 0.1) is 5.82 Å². The van der Waals surface area contributed by atoms with Crippen LogP contribution in [0.4, 0.5) is 4.39 Å². The fourth-order valence-corrected chi connectivity index (χ4v) is 1.50. The lowest BCUT2D eigenvalue weighted by Crippen LogP contribution is -2.14. The highest BCUT2D eigenvalue weighted by Crippen LogP contribution is 2.16. The fourth-order valence-electron chi connectivity index (χ4n) is 1.50. The summed E-state index contributed by atoms with van der Waals surface area (Å²) in [5.74, 6) is -0.251. The van der Waals surface area contributed by atoms with Gasteiger partial charge < -0.3 is 9.76 Å². The SMILES string of the molecule is OBc1ccc(OCc2ccccc2)c(F)c1. The molecular weight excluding hydrogens is 218 g/mol. The van der Waals surface area contributed by atoms with Crippen LogP contribution in [0.3, 0.4) is 0 Å². The predicted octanol–water partition coefficient (Wildman–Crippen LogP) is 1.37. The maximum absolute atomic E-state index is 13.5. The van der Waals surface area contributed by atoms with Gasteiger partial charge in [0.05, 0.1) is 0 Å². The van der Waals surface area contributed by atoms with Crippen molar-refractivity contribution in [1.29, 1.82) is 0 Å². The maximum atomic E-state index is 13.5. The summed E-state index contributed by atoms with van der Waals surface area (Å²) in [5.41, 5.74) is 1.52. The minimum absolute atomic E-state index is 0.171. The van der Waals surface area contributed by atoms with Crippen molar-refractivity contribution in [1.82, 2.24) is 0 Å². The Labute approximate surface area is 99.9 Å². The molecule has 2 aromatic carbocycles. The van der Waals surface area contributed by atoms with Crippen molar-refractivity contribution in [2.45, 2.75) is 6.61 Å². The molecular formula is C13H12BFO2. The van der Waals surface area contributed by atoms with Gasteiger partial charge in [-0.3, -0.25) is 0 Å². The largest absolute Gasteiger partial charge is 0.486 e. The van der Waals surface area contributed by atoms with Gasteiger partial charge in [0, 0.05) is 0 Å². The summed E-state index contributed by atoms with van der Waals surface area (Å²) in [6, 6.07) is 14.0. The Morgan fingerprint density at radius 3 is 2.53 bits per heavy atom. The number of hydrogen-bond donors (Lipinski definition) is 1. The summed E-state index contributed by atoms with van der Waals surface area (Å²) >= 11 is 0. The molecule has 1 N–H and O–H groups in total. The summed E-state index contributed by atoms with van der Waals surface area (Å²) < 4.78 is 18.9. The monoisotopic (exact) mass is 230 g/mol. The first-order valence-electron chi connectivity index (χ1n) is 5.35. The Morgan fingerprint density at radius 2 is 1.88 bits per heavy atom. The molecule has 0 radical (unpaired) electrons. The zero-order valence-electron chi connectivity index (χ0n) is 9.27. The molecule has 0 aliphatic carbocycles. The fraction of sp³-hybridized carbons (Fsp3) is 0.0769. The molecule has 2 nitrogen and oxygen atoms in total. The van der Waals surface area contributed by atoms with Crippen molar-refractivity contribution in [3.63, 3.8) is 0 Å². The number of benzene rings is 2. The zero-order chi connectivity index (χ0) is 12.1. The third kappa shape index (κ3) is 3.08. The van der Waals surface area contributed by atoms with E-state index in [0.29, 0.717) is 12.1 Å². The van der Waals surface area contributed by atoms with Crippen LogP contribution in [-0.4, -0.2) is 12.5 Å². The number of hydrogen-bond acceptors (Lipinski definition) is 2. The van der Waals surface area contributed by atoms with Crippen LogP contribution in [0.5, 0.6) is 5.75 Å². The second kappa shape index (κ2) is 5.50. The minimum Gasteiger partial charge on any atom is -0.486 e. The van der Waals surface area contributed by atoms with Crippen molar-refractivity contribution in [3.05, 3.63) is 59.9 Å². The highest BCUT2D eigenvalue weighted by Gasteiger charge is 2.05. The van der Waals surface area contributed by atoms with E-state index in [0.717, 1.165) is 5.56 Å². The molecule has 2 rings (SSSR count). The Bertz CT molecular complexity index is 488. The van der Waals surface area contributed by atoms with Crippen molar-refractivity contribution >= 4 is 12.9 Å². The van der Waals surface area contributed by atoms with Gasteiger partial charge in [-0.25, -0.2) is 4.39 Å². The third-order valence-electron chi connectivity index (χ3n) is 2.42. The quantitative estimate of drug-likeness (QED) is 0.804. The standard InChI is InChI=1S/C13H12BFO2/c15-12-8-11(14-16)6-7-13(12)17-9-10-4-2-1-3-5-10/h1-8,14,16H,9H2. The predicted molar refractivity (Wildman–Crippen MR) is 66.2 cm³/mol. The number of halogens is 1. The first kappa shape index (κ1) is 11.7. The smallest absolute Gasteiger partial charge is 0.304 e. The van der Waals surface area contributed by atoms with Crippen LogP contribution in [0.25, 0.3) is 0 Å². The van der Waals surface area contributed by atoms with E-state index in [1.54, 1.807) is 6.07 Å². The highest BCUT2D eigenvalue weighted by atomic mass is 19.1. The van der Waals surface area contributed by atoms with Crippen molar-refractivity contribution < 1.29 is 14.2 Å². The molecule has 0 aliphatic heterocycles. The second-order valence-electron chi connectivity index (χ2n) is 3.70. The second-order valence-corrected chi connectivity index (χ2v) is 3.70. The average Bonchev–Trinajstić information content (AvgIpc) is 2.38. The topological polar surface area (TPSA) is 29.5 Å². The molecule has 0 aliphatic rings. The lowest BCUT2D eigenvalue weighted by atomic mass is 9.89. The Morgan fingerprint density at radius 1 is 1.12 bits per heavy atom. The van der Waals surface area contributed by atoms with E-state index in [9.17, 15) is 4.39 Å². The maximum Gasteiger partial charge on any atom is 0.304 e. The van der Waals surface area contributed by atoms with Crippen LogP contribution in [0.1, 0.15) is 5.56 Å². The first-order valence-corrected chi connectivity index (χ1v) is 5.35. The van der Waals surface area contributed by atoms with E-state index in [-0.39, 0.29) is 13.2 Å². The van der Waals surface area contributed by atoms with Crippen molar-refractivity contribution in [3.8, 4) is 5.75 Å². The van der Waals surface area contributed by atoms with Crippen molar-refractivity contribution in [2.75, 3.05) is 0 Å². The summed E-state index contributed by atoms with van der Waals surface area (Å²) in [5, 5.41) is 8.85. The number of ether oxygens (including phenoxy) is 1. The summed E-state index contributed by atoms with van der Waals surface area (Å²) in [7, 11) is -0.171. The van der Waals surface area contributed by atoms with E-state index in [1.807, 2.05) is 30.3 Å². The molecule has 0 atom stereocenters. The third-order valence-corrected chi connectivity index (χ3v) is 2.42. The molecule has 0 saturated heterocycles. The molecule has 17 heavy (non-hydrogen) atoms. The average molecular weight is 230 g/mol. The molecule has 0 unspecified atom stereocenters. The van der Waals surface area contributed by atoms with Gasteiger partial charge in [0.25, 0.3) is 0 Å². The van der Waals surface area contributed by atoms with Gasteiger partial charge in [-0.2, -0.15) is 0 Å². The van der Waals surface area contributed by atoms with E-state index in [4.69, 9.17) is 9.76 Å². The van der Waals surface area contributed by atoms with Gasteiger partial charge in [-0.15, -0.1) is 0 Å². The Kier molecular flexibility index (Phi) is 3.78. The molecule has 2 aromatic rings.